The monoisotopic (exact) mass is 195 g/mol. The molecule has 0 radical (unpaired) electrons. The lowest BCUT2D eigenvalue weighted by atomic mass is 9.75. The Morgan fingerprint density at radius 2 is 2.00 bits per heavy atom. The second-order valence-electron chi connectivity index (χ2n) is 6.01. The molecule has 1 aliphatic carbocycles. The summed E-state index contributed by atoms with van der Waals surface area (Å²) in [4.78, 5) is 13.7. The lowest BCUT2D eigenvalue weighted by molar-refractivity contribution is -0.141. The summed E-state index contributed by atoms with van der Waals surface area (Å²) in [5, 5.41) is 0. The normalized spacial score (nSPS) is 40.0. The quantitative estimate of drug-likeness (QED) is 0.581. The van der Waals surface area contributed by atoms with E-state index in [9.17, 15) is 4.79 Å². The number of piperidine rings is 1. The van der Waals surface area contributed by atoms with Crippen molar-refractivity contribution in [1.29, 1.82) is 0 Å². The Morgan fingerprint density at radius 3 is 2.57 bits per heavy atom. The average molecular weight is 195 g/mol. The van der Waals surface area contributed by atoms with Gasteiger partial charge in [0, 0.05) is 19.0 Å². The van der Waals surface area contributed by atoms with E-state index in [1.807, 2.05) is 0 Å². The zero-order chi connectivity index (χ0) is 10.6. The highest BCUT2D eigenvalue weighted by molar-refractivity contribution is 5.74. The van der Waals surface area contributed by atoms with Gasteiger partial charge < -0.3 is 4.90 Å². The van der Waals surface area contributed by atoms with Crippen molar-refractivity contribution in [3.63, 3.8) is 0 Å². The Morgan fingerprint density at radius 1 is 1.36 bits per heavy atom. The molecule has 0 aromatic carbocycles. The van der Waals surface area contributed by atoms with Crippen LogP contribution in [0.3, 0.4) is 0 Å². The van der Waals surface area contributed by atoms with Crippen LogP contribution in [0.2, 0.25) is 0 Å². The van der Waals surface area contributed by atoms with Crippen LogP contribution in [-0.2, 0) is 4.79 Å². The topological polar surface area (TPSA) is 20.3 Å². The van der Waals surface area contributed by atoms with Gasteiger partial charge in [-0.05, 0) is 44.4 Å². The third kappa shape index (κ3) is 1.27. The molecule has 2 nitrogen and oxygen atoms in total. The van der Waals surface area contributed by atoms with Gasteiger partial charge in [0.1, 0.15) is 0 Å². The summed E-state index contributed by atoms with van der Waals surface area (Å²) in [5.74, 6) is 0.956. The van der Waals surface area contributed by atoms with Gasteiger partial charge in [0.2, 0.25) is 5.91 Å². The molecule has 0 spiro atoms. The van der Waals surface area contributed by atoms with Crippen molar-refractivity contribution in [3.05, 3.63) is 0 Å². The molecule has 2 rings (SSSR count). The third-order valence-electron chi connectivity index (χ3n) is 4.45. The molecule has 2 aliphatic rings. The summed E-state index contributed by atoms with van der Waals surface area (Å²) in [5.41, 5.74) is 0.494. The maximum Gasteiger partial charge on any atom is 0.219 e. The summed E-state index contributed by atoms with van der Waals surface area (Å²) < 4.78 is 0. The molecule has 0 N–H and O–H groups in total. The van der Waals surface area contributed by atoms with Crippen molar-refractivity contribution in [1.82, 2.24) is 4.90 Å². The molecule has 0 aromatic rings. The zero-order valence-electron chi connectivity index (χ0n) is 9.76. The minimum atomic E-state index is 0.0852. The summed E-state index contributed by atoms with van der Waals surface area (Å²) in [6.07, 6.45) is 3.90. The maximum atomic E-state index is 11.6. The van der Waals surface area contributed by atoms with Crippen LogP contribution in [-0.4, -0.2) is 22.9 Å². The number of nitrogens with zero attached hydrogens (tertiary/aromatic N) is 1. The largest absolute Gasteiger partial charge is 0.337 e. The molecule has 2 heteroatoms. The van der Waals surface area contributed by atoms with Gasteiger partial charge in [-0.2, -0.15) is 0 Å². The predicted molar refractivity (Wildman–Crippen MR) is 56.9 cm³/mol. The highest BCUT2D eigenvalue weighted by Crippen LogP contribution is 2.52. The Balaban J connectivity index is 2.31. The number of hydrogen-bond acceptors (Lipinski definition) is 1. The van der Waals surface area contributed by atoms with E-state index in [-0.39, 0.29) is 11.4 Å². The van der Waals surface area contributed by atoms with Crippen LogP contribution in [0.1, 0.15) is 47.0 Å². The minimum absolute atomic E-state index is 0.0852. The zero-order valence-corrected chi connectivity index (χ0v) is 9.76. The first-order chi connectivity index (χ1) is 6.35. The summed E-state index contributed by atoms with van der Waals surface area (Å²) in [6.45, 7) is 9.45. The number of rotatable bonds is 0. The van der Waals surface area contributed by atoms with E-state index in [0.717, 1.165) is 6.54 Å². The summed E-state index contributed by atoms with van der Waals surface area (Å²) >= 11 is 0. The van der Waals surface area contributed by atoms with E-state index in [2.05, 4.69) is 25.7 Å². The predicted octanol–water partition coefficient (Wildman–Crippen LogP) is 2.43. The first-order valence-corrected chi connectivity index (χ1v) is 5.63. The number of fused-ring (bicyclic) bond motifs is 2. The second kappa shape index (κ2) is 2.74. The molecule has 80 valence electrons. The second-order valence-corrected chi connectivity index (χ2v) is 6.01. The van der Waals surface area contributed by atoms with Gasteiger partial charge in [0.05, 0.1) is 0 Å². The van der Waals surface area contributed by atoms with Crippen LogP contribution in [0.5, 0.6) is 0 Å². The Bertz CT molecular complexity index is 271. The highest BCUT2D eigenvalue weighted by Gasteiger charge is 2.51. The highest BCUT2D eigenvalue weighted by atomic mass is 16.2. The van der Waals surface area contributed by atoms with Crippen molar-refractivity contribution >= 4 is 5.91 Å². The molecule has 1 saturated carbocycles. The smallest absolute Gasteiger partial charge is 0.219 e. The molecule has 2 bridgehead atoms. The van der Waals surface area contributed by atoms with Gasteiger partial charge in [-0.25, -0.2) is 0 Å². The van der Waals surface area contributed by atoms with Gasteiger partial charge in [-0.3, -0.25) is 4.79 Å². The first-order valence-electron chi connectivity index (χ1n) is 5.63. The van der Waals surface area contributed by atoms with Crippen molar-refractivity contribution in [2.75, 3.05) is 6.54 Å². The van der Waals surface area contributed by atoms with E-state index in [1.54, 1.807) is 6.92 Å². The molecule has 2 fully saturated rings. The van der Waals surface area contributed by atoms with Crippen molar-refractivity contribution in [2.45, 2.75) is 52.5 Å². The number of amides is 1. The first kappa shape index (κ1) is 10.0. The molecule has 0 unspecified atom stereocenters. The van der Waals surface area contributed by atoms with Crippen LogP contribution in [0, 0.1) is 11.3 Å². The van der Waals surface area contributed by atoms with Gasteiger partial charge in [0.15, 0.2) is 0 Å². The van der Waals surface area contributed by atoms with E-state index in [1.165, 1.54) is 19.3 Å². The number of carbonyl (C=O) groups is 1. The van der Waals surface area contributed by atoms with E-state index >= 15 is 0 Å². The Hall–Kier alpha value is -0.530. The molecule has 2 atom stereocenters. The number of hydrogen-bond donors (Lipinski definition) is 0. The number of carbonyl (C=O) groups excluding carboxylic acids is 1. The number of likely N-dealkylation sites (tertiary alicyclic amines) is 1. The molecule has 0 aromatic heterocycles. The Labute approximate surface area is 86.7 Å². The standard InChI is InChI=1S/C12H21NO/c1-9(14)13-8-12(4)6-5-10(7-12)11(13,2)3/h10H,5-8H2,1-4H3/t10-,12+/m0/s1. The van der Waals surface area contributed by atoms with Gasteiger partial charge in [-0.15, -0.1) is 0 Å². The maximum absolute atomic E-state index is 11.6. The van der Waals surface area contributed by atoms with Crippen molar-refractivity contribution in [2.24, 2.45) is 11.3 Å². The molecule has 1 aliphatic heterocycles. The van der Waals surface area contributed by atoms with Gasteiger partial charge in [-0.1, -0.05) is 6.92 Å². The van der Waals surface area contributed by atoms with Crippen LogP contribution in [0.25, 0.3) is 0 Å². The lowest BCUT2D eigenvalue weighted by Crippen LogP contribution is -2.57. The lowest BCUT2D eigenvalue weighted by Gasteiger charge is -2.49. The average Bonchev–Trinajstić information content (AvgIpc) is 2.40. The molecule has 14 heavy (non-hydrogen) atoms. The third-order valence-corrected chi connectivity index (χ3v) is 4.45. The summed E-state index contributed by atoms with van der Waals surface area (Å²) in [6, 6.07) is 0. The SMILES string of the molecule is CC(=O)N1C[C@]2(C)CC[C@@H](C2)C1(C)C. The van der Waals surface area contributed by atoms with Crippen molar-refractivity contribution < 1.29 is 4.79 Å². The van der Waals surface area contributed by atoms with E-state index < -0.39 is 0 Å². The fraction of sp³-hybridized carbons (Fsp3) is 0.917. The minimum Gasteiger partial charge on any atom is -0.337 e. The molecule has 1 amide bonds. The van der Waals surface area contributed by atoms with E-state index in [0.29, 0.717) is 11.3 Å². The molecule has 1 heterocycles. The summed E-state index contributed by atoms with van der Waals surface area (Å²) in [7, 11) is 0. The molecule has 1 saturated heterocycles. The van der Waals surface area contributed by atoms with E-state index in [4.69, 9.17) is 0 Å². The van der Waals surface area contributed by atoms with Gasteiger partial charge in [0.25, 0.3) is 0 Å². The molecular weight excluding hydrogens is 174 g/mol. The van der Waals surface area contributed by atoms with Crippen LogP contribution >= 0.6 is 0 Å². The fourth-order valence-electron chi connectivity index (χ4n) is 3.39. The van der Waals surface area contributed by atoms with Crippen molar-refractivity contribution in [3.8, 4) is 0 Å². The van der Waals surface area contributed by atoms with Crippen LogP contribution < -0.4 is 0 Å². The van der Waals surface area contributed by atoms with Gasteiger partial charge >= 0.3 is 0 Å². The molecular formula is C12H21NO. The van der Waals surface area contributed by atoms with Crippen LogP contribution in [0.15, 0.2) is 0 Å². The Kier molecular flexibility index (Phi) is 1.96. The van der Waals surface area contributed by atoms with Crippen LogP contribution in [0.4, 0.5) is 0 Å². The fourth-order valence-corrected chi connectivity index (χ4v) is 3.39.